The Labute approximate surface area is 153 Å². The third kappa shape index (κ3) is 3.64. The quantitative estimate of drug-likeness (QED) is 0.467. The normalized spacial score (nSPS) is 23.1. The van der Waals surface area contributed by atoms with Crippen molar-refractivity contribution in [2.24, 2.45) is 17.8 Å². The fraction of sp³-hybridized carbons (Fsp3) is 0.450. The number of amides is 3. The maximum Gasteiger partial charge on any atom is 0.261 e. The van der Waals surface area contributed by atoms with Crippen molar-refractivity contribution in [2.75, 3.05) is 5.43 Å². The molecule has 3 atom stereocenters. The number of nitrogens with one attached hydrogen (secondary N) is 2. The van der Waals surface area contributed by atoms with Gasteiger partial charge >= 0.3 is 0 Å². The molecule has 1 fully saturated rings. The maximum atomic E-state index is 12.8. The predicted octanol–water partition coefficient (Wildman–Crippen LogP) is 2.50. The number of hydrogen-bond donors (Lipinski definition) is 2. The minimum atomic E-state index is -0.795. The Kier molecular flexibility index (Phi) is 5.40. The number of allylic oxidation sites excluding steroid dienone is 2. The van der Waals surface area contributed by atoms with Crippen molar-refractivity contribution in [1.29, 1.82) is 0 Å². The fourth-order valence-electron chi connectivity index (χ4n) is 3.65. The third-order valence-corrected chi connectivity index (χ3v) is 4.95. The molecule has 0 radical (unpaired) electrons. The molecule has 26 heavy (non-hydrogen) atoms. The van der Waals surface area contributed by atoms with E-state index in [0.29, 0.717) is 19.3 Å². The smallest absolute Gasteiger partial charge is 0.261 e. The van der Waals surface area contributed by atoms with Crippen LogP contribution in [0.5, 0.6) is 0 Å². The van der Waals surface area contributed by atoms with E-state index in [1.807, 2.05) is 56.3 Å². The van der Waals surface area contributed by atoms with E-state index in [-0.39, 0.29) is 35.5 Å². The number of carbonyl (C=O) groups is 3. The second kappa shape index (κ2) is 7.72. The van der Waals surface area contributed by atoms with Crippen molar-refractivity contribution in [3.8, 4) is 0 Å². The van der Waals surface area contributed by atoms with Crippen LogP contribution in [0.15, 0.2) is 42.5 Å². The average molecular weight is 355 g/mol. The van der Waals surface area contributed by atoms with Gasteiger partial charge in [-0.2, -0.15) is 0 Å². The number of anilines is 1. The van der Waals surface area contributed by atoms with E-state index >= 15 is 0 Å². The van der Waals surface area contributed by atoms with E-state index in [4.69, 9.17) is 0 Å². The number of fused-ring (bicyclic) bond motifs is 1. The van der Waals surface area contributed by atoms with Crippen LogP contribution in [0.1, 0.15) is 33.1 Å². The summed E-state index contributed by atoms with van der Waals surface area (Å²) in [5.74, 6) is -1.27. The number of hydrazine groups is 1. The Hall–Kier alpha value is -2.63. The van der Waals surface area contributed by atoms with Crippen molar-refractivity contribution in [2.45, 2.75) is 39.2 Å². The lowest BCUT2D eigenvalue weighted by atomic mass is 9.85. The minimum Gasteiger partial charge on any atom is -0.299 e. The number of nitrogens with zero attached hydrogens (tertiary/aromatic N) is 1. The van der Waals surface area contributed by atoms with Crippen molar-refractivity contribution in [1.82, 2.24) is 10.3 Å². The summed E-state index contributed by atoms with van der Waals surface area (Å²) >= 11 is 0. The molecule has 3 rings (SSSR count). The largest absolute Gasteiger partial charge is 0.299 e. The van der Waals surface area contributed by atoms with E-state index in [1.165, 1.54) is 4.90 Å². The molecule has 3 amide bonds. The first-order chi connectivity index (χ1) is 12.5. The van der Waals surface area contributed by atoms with Gasteiger partial charge in [-0.15, -0.1) is 0 Å². The summed E-state index contributed by atoms with van der Waals surface area (Å²) in [4.78, 5) is 39.7. The summed E-state index contributed by atoms with van der Waals surface area (Å²) in [6.45, 7) is 3.95. The van der Waals surface area contributed by atoms with Gasteiger partial charge in [-0.3, -0.25) is 30.1 Å². The van der Waals surface area contributed by atoms with Crippen LogP contribution in [-0.2, 0) is 14.4 Å². The molecule has 1 aromatic rings. The molecule has 1 heterocycles. The number of hydrogen-bond acceptors (Lipinski definition) is 4. The molecule has 1 aliphatic carbocycles. The molecule has 0 bridgehead atoms. The summed E-state index contributed by atoms with van der Waals surface area (Å²) in [5, 5.41) is 0. The highest BCUT2D eigenvalue weighted by atomic mass is 16.2. The summed E-state index contributed by atoms with van der Waals surface area (Å²) in [7, 11) is 0. The molecule has 1 aromatic carbocycles. The molecule has 3 unspecified atom stereocenters. The Bertz CT molecular complexity index is 688. The average Bonchev–Trinajstić information content (AvgIpc) is 2.90. The first-order valence-corrected chi connectivity index (χ1v) is 9.12. The van der Waals surface area contributed by atoms with Gasteiger partial charge in [-0.05, 0) is 37.3 Å². The first-order valence-electron chi connectivity index (χ1n) is 9.12. The van der Waals surface area contributed by atoms with Gasteiger partial charge in [0.05, 0.1) is 17.5 Å². The number of rotatable bonds is 6. The minimum absolute atomic E-state index is 0.170. The van der Waals surface area contributed by atoms with Crippen molar-refractivity contribution in [3.63, 3.8) is 0 Å². The van der Waals surface area contributed by atoms with Gasteiger partial charge in [0.25, 0.3) is 5.91 Å². The zero-order valence-corrected chi connectivity index (χ0v) is 15.1. The van der Waals surface area contributed by atoms with E-state index in [9.17, 15) is 14.4 Å². The summed E-state index contributed by atoms with van der Waals surface area (Å²) in [6, 6.07) is 8.44. The molecular weight excluding hydrogens is 330 g/mol. The summed E-state index contributed by atoms with van der Waals surface area (Å²) in [6.07, 6.45) is 5.48. The molecule has 1 aliphatic heterocycles. The van der Waals surface area contributed by atoms with Gasteiger partial charge in [0, 0.05) is 0 Å². The topological polar surface area (TPSA) is 78.5 Å². The van der Waals surface area contributed by atoms with Crippen LogP contribution >= 0.6 is 0 Å². The Morgan fingerprint density at radius 2 is 1.65 bits per heavy atom. The highest BCUT2D eigenvalue weighted by molar-refractivity contribution is 6.08. The van der Waals surface area contributed by atoms with Crippen LogP contribution in [0.25, 0.3) is 0 Å². The van der Waals surface area contributed by atoms with Crippen molar-refractivity contribution in [3.05, 3.63) is 42.5 Å². The highest BCUT2D eigenvalue weighted by Crippen LogP contribution is 2.37. The first kappa shape index (κ1) is 18.2. The van der Waals surface area contributed by atoms with Gasteiger partial charge in [0.2, 0.25) is 11.8 Å². The lowest BCUT2D eigenvalue weighted by Gasteiger charge is -2.27. The molecule has 2 aliphatic rings. The molecule has 6 heteroatoms. The number of likely N-dealkylation sites (tertiary alicyclic amines) is 1. The zero-order valence-electron chi connectivity index (χ0n) is 15.1. The summed E-state index contributed by atoms with van der Waals surface area (Å²) < 4.78 is 0. The van der Waals surface area contributed by atoms with Gasteiger partial charge in [-0.25, -0.2) is 0 Å². The van der Waals surface area contributed by atoms with E-state index in [2.05, 4.69) is 10.9 Å². The Morgan fingerprint density at radius 3 is 2.19 bits per heavy atom. The maximum absolute atomic E-state index is 12.8. The number of benzene rings is 1. The lowest BCUT2D eigenvalue weighted by Crippen LogP contribution is -2.51. The van der Waals surface area contributed by atoms with Crippen LogP contribution in [0.2, 0.25) is 0 Å². The van der Waals surface area contributed by atoms with Gasteiger partial charge in [0.15, 0.2) is 0 Å². The molecule has 0 spiro atoms. The third-order valence-electron chi connectivity index (χ3n) is 4.95. The van der Waals surface area contributed by atoms with E-state index < -0.39 is 6.04 Å². The van der Waals surface area contributed by atoms with Crippen LogP contribution in [0.4, 0.5) is 5.69 Å². The molecule has 6 nitrogen and oxygen atoms in total. The van der Waals surface area contributed by atoms with Crippen LogP contribution < -0.4 is 10.9 Å². The Balaban J connectivity index is 1.76. The second-order valence-electron chi connectivity index (χ2n) is 7.33. The van der Waals surface area contributed by atoms with E-state index in [1.54, 1.807) is 0 Å². The van der Waals surface area contributed by atoms with Gasteiger partial charge in [0.1, 0.15) is 6.04 Å². The SMILES string of the molecule is CC(C)CC(C(=O)NNc1ccccc1)N1C(=O)C2CC=CCC2C1=O. The van der Waals surface area contributed by atoms with Crippen molar-refractivity contribution >= 4 is 23.4 Å². The highest BCUT2D eigenvalue weighted by Gasteiger charge is 2.51. The molecule has 138 valence electrons. The number of para-hydroxylation sites is 1. The molecule has 2 N–H and O–H groups in total. The van der Waals surface area contributed by atoms with Crippen LogP contribution in [0, 0.1) is 17.8 Å². The lowest BCUT2D eigenvalue weighted by molar-refractivity contribution is -0.148. The molecular formula is C20H25N3O3. The zero-order chi connectivity index (χ0) is 18.7. The standard InChI is InChI=1S/C20H25N3O3/c1-13(2)12-17(18(24)22-21-14-8-4-3-5-9-14)23-19(25)15-10-6-7-11-16(15)20(23)26/h3-9,13,15-17,21H,10-12H2,1-2H3,(H,22,24). The summed E-state index contributed by atoms with van der Waals surface area (Å²) in [5.41, 5.74) is 6.24. The fourth-order valence-corrected chi connectivity index (χ4v) is 3.65. The predicted molar refractivity (Wildman–Crippen MR) is 98.7 cm³/mol. The number of carbonyl (C=O) groups excluding carboxylic acids is 3. The Morgan fingerprint density at radius 1 is 1.08 bits per heavy atom. The van der Waals surface area contributed by atoms with Crippen LogP contribution in [-0.4, -0.2) is 28.7 Å². The van der Waals surface area contributed by atoms with Gasteiger partial charge < -0.3 is 0 Å². The molecule has 1 saturated heterocycles. The number of imide groups is 1. The molecule has 0 saturated carbocycles. The van der Waals surface area contributed by atoms with Crippen molar-refractivity contribution < 1.29 is 14.4 Å². The monoisotopic (exact) mass is 355 g/mol. The molecule has 0 aromatic heterocycles. The van der Waals surface area contributed by atoms with Gasteiger partial charge in [-0.1, -0.05) is 44.2 Å². The van der Waals surface area contributed by atoms with Crippen LogP contribution in [0.3, 0.4) is 0 Å². The second-order valence-corrected chi connectivity index (χ2v) is 7.33. The van der Waals surface area contributed by atoms with E-state index in [0.717, 1.165) is 5.69 Å².